The van der Waals surface area contributed by atoms with E-state index in [9.17, 15) is 9.59 Å². The molecule has 1 fully saturated rings. The van der Waals surface area contributed by atoms with Crippen LogP contribution in [-0.2, 0) is 14.3 Å². The highest BCUT2D eigenvalue weighted by Crippen LogP contribution is 2.40. The zero-order valence-electron chi connectivity index (χ0n) is 17.0. The van der Waals surface area contributed by atoms with Gasteiger partial charge in [-0.2, -0.15) is 0 Å². The van der Waals surface area contributed by atoms with Crippen LogP contribution >= 0.6 is 11.8 Å². The Morgan fingerprint density at radius 3 is 2.75 bits per heavy atom. The maximum atomic E-state index is 12.6. The highest BCUT2D eigenvalue weighted by Gasteiger charge is 2.37. The first-order chi connectivity index (χ1) is 13.2. The minimum Gasteiger partial charge on any atom is -0.466 e. The van der Waals surface area contributed by atoms with E-state index in [0.717, 1.165) is 29.4 Å². The van der Waals surface area contributed by atoms with Crippen molar-refractivity contribution in [3.05, 3.63) is 41.1 Å². The van der Waals surface area contributed by atoms with Crippen LogP contribution in [0.1, 0.15) is 45.7 Å². The Hall–Kier alpha value is -2.28. The average Bonchev–Trinajstić information content (AvgIpc) is 2.65. The zero-order chi connectivity index (χ0) is 20.5. The number of carbonyl (C=O) groups is 2. The predicted octanol–water partition coefficient (Wildman–Crippen LogP) is 3.97. The number of ether oxygens (including phenoxy) is 1. The summed E-state index contributed by atoms with van der Waals surface area (Å²) in [5, 5.41) is 3.91. The third-order valence-electron chi connectivity index (χ3n) is 4.81. The maximum Gasteiger partial charge on any atom is 0.338 e. The number of methoxy groups -OCH3 is 1. The molecule has 150 valence electrons. The monoisotopic (exact) mass is 401 g/mol. The molecule has 6 nitrogen and oxygen atoms in total. The van der Waals surface area contributed by atoms with Gasteiger partial charge in [-0.3, -0.25) is 4.79 Å². The van der Waals surface area contributed by atoms with Crippen molar-refractivity contribution in [1.29, 1.82) is 0 Å². The SMILES string of the molecule is COC(=O)C1=C(C)N=C2SCCCN2C1c1cccc(NC(=O)C(C)(C)C)c1. The topological polar surface area (TPSA) is 71.0 Å². The minimum atomic E-state index is -0.488. The highest BCUT2D eigenvalue weighted by molar-refractivity contribution is 8.13. The van der Waals surface area contributed by atoms with Gasteiger partial charge >= 0.3 is 5.97 Å². The Morgan fingerprint density at radius 2 is 2.07 bits per heavy atom. The minimum absolute atomic E-state index is 0.0519. The second-order valence-electron chi connectivity index (χ2n) is 8.01. The van der Waals surface area contributed by atoms with Crippen LogP contribution in [0.15, 0.2) is 40.5 Å². The van der Waals surface area contributed by atoms with Gasteiger partial charge in [-0.05, 0) is 31.0 Å². The third-order valence-corrected chi connectivity index (χ3v) is 5.88. The highest BCUT2D eigenvalue weighted by atomic mass is 32.2. The van der Waals surface area contributed by atoms with Gasteiger partial charge in [0.1, 0.15) is 0 Å². The first kappa shape index (κ1) is 20.5. The molecule has 0 bridgehead atoms. The summed E-state index contributed by atoms with van der Waals surface area (Å²) in [6, 6.07) is 7.41. The number of esters is 1. The second-order valence-corrected chi connectivity index (χ2v) is 9.07. The van der Waals surface area contributed by atoms with Gasteiger partial charge in [0, 0.05) is 23.4 Å². The van der Waals surface area contributed by atoms with E-state index >= 15 is 0 Å². The summed E-state index contributed by atoms with van der Waals surface area (Å²) in [5.74, 6) is 0.596. The van der Waals surface area contributed by atoms with Gasteiger partial charge < -0.3 is 15.0 Å². The fraction of sp³-hybridized carbons (Fsp3) is 0.476. The zero-order valence-corrected chi connectivity index (χ0v) is 17.9. The van der Waals surface area contributed by atoms with E-state index in [-0.39, 0.29) is 17.9 Å². The first-order valence-electron chi connectivity index (χ1n) is 9.41. The average molecular weight is 402 g/mol. The van der Waals surface area contributed by atoms with Crippen LogP contribution in [0.2, 0.25) is 0 Å². The number of benzene rings is 1. The van der Waals surface area contributed by atoms with E-state index in [4.69, 9.17) is 4.74 Å². The van der Waals surface area contributed by atoms with Gasteiger partial charge in [-0.15, -0.1) is 0 Å². The molecule has 3 rings (SSSR count). The molecule has 0 aliphatic carbocycles. The summed E-state index contributed by atoms with van der Waals surface area (Å²) < 4.78 is 5.06. The summed E-state index contributed by atoms with van der Waals surface area (Å²) >= 11 is 1.71. The molecule has 1 N–H and O–H groups in total. The lowest BCUT2D eigenvalue weighted by molar-refractivity contribution is -0.137. The summed E-state index contributed by atoms with van der Waals surface area (Å²) in [4.78, 5) is 31.8. The molecule has 1 unspecified atom stereocenters. The number of hydrogen-bond donors (Lipinski definition) is 1. The lowest BCUT2D eigenvalue weighted by Gasteiger charge is -2.40. The van der Waals surface area contributed by atoms with Crippen LogP contribution in [0.25, 0.3) is 0 Å². The fourth-order valence-electron chi connectivity index (χ4n) is 3.29. The Kier molecular flexibility index (Phi) is 5.84. The number of amidine groups is 1. The van der Waals surface area contributed by atoms with Crippen LogP contribution in [-0.4, -0.2) is 41.4 Å². The van der Waals surface area contributed by atoms with Crippen molar-refractivity contribution in [1.82, 2.24) is 4.90 Å². The van der Waals surface area contributed by atoms with E-state index in [2.05, 4.69) is 15.2 Å². The molecule has 1 saturated heterocycles. The van der Waals surface area contributed by atoms with Crippen molar-refractivity contribution < 1.29 is 14.3 Å². The lowest BCUT2D eigenvalue weighted by atomic mass is 9.93. The molecular formula is C21H27N3O3S. The number of rotatable bonds is 3. The lowest BCUT2D eigenvalue weighted by Crippen LogP contribution is -2.42. The van der Waals surface area contributed by atoms with Gasteiger partial charge in [0.25, 0.3) is 0 Å². The molecule has 1 amide bonds. The molecule has 1 atom stereocenters. The molecule has 0 aromatic heterocycles. The van der Waals surface area contributed by atoms with Crippen LogP contribution in [0.3, 0.4) is 0 Å². The molecule has 2 heterocycles. The van der Waals surface area contributed by atoms with Crippen molar-refractivity contribution in [2.45, 2.75) is 40.2 Å². The number of carbonyl (C=O) groups excluding carboxylic acids is 2. The normalized spacial score (nSPS) is 19.7. The summed E-state index contributed by atoms with van der Waals surface area (Å²) in [5.41, 5.74) is 2.39. The molecule has 2 aliphatic heterocycles. The number of amides is 1. The number of nitrogens with zero attached hydrogens (tertiary/aromatic N) is 2. The van der Waals surface area contributed by atoms with Crippen molar-refractivity contribution in [3.8, 4) is 0 Å². The van der Waals surface area contributed by atoms with E-state index in [0.29, 0.717) is 17.0 Å². The Labute approximate surface area is 170 Å². The third kappa shape index (κ3) is 4.09. The van der Waals surface area contributed by atoms with E-state index in [1.54, 1.807) is 11.8 Å². The van der Waals surface area contributed by atoms with Gasteiger partial charge in [0.05, 0.1) is 24.4 Å². The largest absolute Gasteiger partial charge is 0.466 e. The number of thioether (sulfide) groups is 1. The summed E-state index contributed by atoms with van der Waals surface area (Å²) in [6.07, 6.45) is 1.02. The van der Waals surface area contributed by atoms with E-state index in [1.807, 2.05) is 52.0 Å². The molecule has 0 saturated carbocycles. The molecule has 1 aromatic carbocycles. The molecule has 0 spiro atoms. The van der Waals surface area contributed by atoms with Crippen molar-refractivity contribution in [3.63, 3.8) is 0 Å². The fourth-order valence-corrected chi connectivity index (χ4v) is 4.31. The number of allylic oxidation sites excluding steroid dienone is 1. The molecule has 1 aromatic rings. The second kappa shape index (κ2) is 7.99. The van der Waals surface area contributed by atoms with Gasteiger partial charge in [-0.1, -0.05) is 44.7 Å². The molecule has 7 heteroatoms. The van der Waals surface area contributed by atoms with Gasteiger partial charge in [0.15, 0.2) is 5.17 Å². The molecule has 2 aliphatic rings. The van der Waals surface area contributed by atoms with Crippen molar-refractivity contribution in [2.75, 3.05) is 24.7 Å². The van der Waals surface area contributed by atoms with Crippen LogP contribution < -0.4 is 5.32 Å². The Morgan fingerprint density at radius 1 is 1.32 bits per heavy atom. The predicted molar refractivity (Wildman–Crippen MR) is 113 cm³/mol. The smallest absolute Gasteiger partial charge is 0.338 e. The van der Waals surface area contributed by atoms with Crippen molar-refractivity contribution in [2.24, 2.45) is 10.4 Å². The number of anilines is 1. The van der Waals surface area contributed by atoms with Crippen LogP contribution in [0, 0.1) is 5.41 Å². The molecular weight excluding hydrogens is 374 g/mol. The number of nitrogens with one attached hydrogen (secondary N) is 1. The molecule has 0 radical (unpaired) electrons. The summed E-state index contributed by atoms with van der Waals surface area (Å²) in [6.45, 7) is 8.31. The van der Waals surface area contributed by atoms with Gasteiger partial charge in [-0.25, -0.2) is 9.79 Å². The van der Waals surface area contributed by atoms with E-state index < -0.39 is 5.41 Å². The first-order valence-corrected chi connectivity index (χ1v) is 10.4. The summed E-state index contributed by atoms with van der Waals surface area (Å²) in [7, 11) is 1.39. The number of fused-ring (bicyclic) bond motifs is 1. The Balaban J connectivity index is 2.02. The van der Waals surface area contributed by atoms with Crippen LogP contribution in [0.5, 0.6) is 0 Å². The van der Waals surface area contributed by atoms with Crippen LogP contribution in [0.4, 0.5) is 5.69 Å². The number of hydrogen-bond acceptors (Lipinski definition) is 6. The maximum absolute atomic E-state index is 12.6. The van der Waals surface area contributed by atoms with Crippen molar-refractivity contribution >= 4 is 34.5 Å². The Bertz CT molecular complexity index is 855. The van der Waals surface area contributed by atoms with Gasteiger partial charge in [0.2, 0.25) is 5.91 Å². The number of aliphatic imine (C=N–C) groups is 1. The van der Waals surface area contributed by atoms with E-state index in [1.165, 1.54) is 7.11 Å². The molecule has 28 heavy (non-hydrogen) atoms. The standard InChI is InChI=1S/C21H27N3O3S/c1-13-16(18(25)27-5)17(24-10-7-11-28-20(24)22-13)14-8-6-9-15(12-14)23-19(26)21(2,3)4/h6,8-9,12,17H,7,10-11H2,1-5H3,(H,23,26). The quantitative estimate of drug-likeness (QED) is 0.776.